The van der Waals surface area contributed by atoms with Gasteiger partial charge in [0.2, 0.25) is 0 Å². The van der Waals surface area contributed by atoms with Crippen molar-refractivity contribution >= 4 is 22.8 Å². The third-order valence-corrected chi connectivity index (χ3v) is 5.43. The Morgan fingerprint density at radius 3 is 2.46 bits per heavy atom. The van der Waals surface area contributed by atoms with E-state index in [4.69, 9.17) is 0 Å². The fourth-order valence-corrected chi connectivity index (χ4v) is 3.80. The molecule has 4 aromatic rings. The number of aromatic hydroxyl groups is 1. The lowest BCUT2D eigenvalue weighted by Gasteiger charge is -2.10. The van der Waals surface area contributed by atoms with Crippen molar-refractivity contribution in [3.63, 3.8) is 0 Å². The number of benzene rings is 3. The number of aromatic nitrogens is 3. The van der Waals surface area contributed by atoms with Crippen LogP contribution in [0.4, 0.5) is 0 Å². The summed E-state index contributed by atoms with van der Waals surface area (Å²) in [5, 5.41) is 19.5. The smallest absolute Gasteiger partial charge is 0.143 e. The summed E-state index contributed by atoms with van der Waals surface area (Å²) < 4.78 is 0. The molecule has 0 saturated heterocycles. The van der Waals surface area contributed by atoms with Crippen LogP contribution in [0.15, 0.2) is 76.5 Å². The lowest BCUT2D eigenvalue weighted by molar-refractivity contribution is 0.413. The van der Waals surface area contributed by atoms with Gasteiger partial charge in [-0.1, -0.05) is 36.0 Å². The number of fused-ring (bicyclic) bond motifs is 1. The van der Waals surface area contributed by atoms with Gasteiger partial charge in [0, 0.05) is 16.3 Å². The Labute approximate surface area is 168 Å². The maximum absolute atomic E-state index is 10.3. The Kier molecular flexibility index (Phi) is 5.32. The molecule has 0 fully saturated rings. The van der Waals surface area contributed by atoms with Gasteiger partial charge in [-0.3, -0.25) is 0 Å². The Morgan fingerprint density at radius 1 is 0.893 bits per heavy atom. The summed E-state index contributed by atoms with van der Waals surface area (Å²) in [6, 6.07) is 21.9. The van der Waals surface area contributed by atoms with E-state index in [1.807, 2.05) is 62.6 Å². The molecular weight excluding hydrogens is 368 g/mol. The summed E-state index contributed by atoms with van der Waals surface area (Å²) >= 11 is 1.69. The summed E-state index contributed by atoms with van der Waals surface area (Å²) in [5.74, 6) is 0.174. The summed E-state index contributed by atoms with van der Waals surface area (Å²) in [4.78, 5) is 5.95. The molecule has 4 rings (SSSR count). The minimum atomic E-state index is 0.174. The molecule has 28 heavy (non-hydrogen) atoms. The van der Waals surface area contributed by atoms with Gasteiger partial charge in [-0.25, -0.2) is 0 Å². The molecule has 5 nitrogen and oxygen atoms in total. The first-order valence-corrected chi connectivity index (χ1v) is 9.97. The monoisotopic (exact) mass is 390 g/mol. The van der Waals surface area contributed by atoms with E-state index in [0.29, 0.717) is 5.69 Å². The van der Waals surface area contributed by atoms with Crippen LogP contribution in [0.5, 0.6) is 5.75 Å². The zero-order valence-corrected chi connectivity index (χ0v) is 16.7. The first kappa shape index (κ1) is 18.5. The highest BCUT2D eigenvalue weighted by molar-refractivity contribution is 7.99. The van der Waals surface area contributed by atoms with Crippen molar-refractivity contribution in [2.24, 2.45) is 0 Å². The van der Waals surface area contributed by atoms with Gasteiger partial charge < -0.3 is 10.0 Å². The van der Waals surface area contributed by atoms with Crippen LogP contribution in [0.25, 0.3) is 16.7 Å². The number of rotatable bonds is 6. The molecule has 1 heterocycles. The largest absolute Gasteiger partial charge is 0.506 e. The number of hydrogen-bond donors (Lipinski definition) is 1. The first-order valence-electron chi connectivity index (χ1n) is 9.15. The van der Waals surface area contributed by atoms with E-state index in [1.165, 1.54) is 9.69 Å². The first-order chi connectivity index (χ1) is 13.6. The third-order valence-electron chi connectivity index (χ3n) is 4.43. The Morgan fingerprint density at radius 2 is 1.68 bits per heavy atom. The average Bonchev–Trinajstić information content (AvgIpc) is 3.11. The van der Waals surface area contributed by atoms with E-state index >= 15 is 0 Å². The highest BCUT2D eigenvalue weighted by Gasteiger charge is 2.11. The molecule has 1 N–H and O–H groups in total. The number of phenolic OH excluding ortho intramolecular Hbond substituents is 1. The van der Waals surface area contributed by atoms with E-state index in [-0.39, 0.29) is 5.75 Å². The summed E-state index contributed by atoms with van der Waals surface area (Å²) in [6.07, 6.45) is 0.902. The normalized spacial score (nSPS) is 11.4. The van der Waals surface area contributed by atoms with Crippen LogP contribution in [0.1, 0.15) is 5.56 Å². The molecule has 0 saturated carbocycles. The Balaban J connectivity index is 1.63. The van der Waals surface area contributed by atoms with Crippen molar-refractivity contribution in [3.05, 3.63) is 72.3 Å². The Bertz CT molecular complexity index is 1090. The standard InChI is InChI=1S/C22H22N4OS/c1-25(2)13-12-16-8-11-22(27)21(14-16)26-23-19-10-9-18(15-20(19)24-26)28-17-6-4-3-5-7-17/h3-11,14-15,27H,12-13H2,1-2H3. The minimum Gasteiger partial charge on any atom is -0.506 e. The molecule has 0 aliphatic carbocycles. The molecule has 0 aliphatic heterocycles. The maximum atomic E-state index is 10.3. The van der Waals surface area contributed by atoms with E-state index in [2.05, 4.69) is 27.2 Å². The fraction of sp³-hybridized carbons (Fsp3) is 0.182. The van der Waals surface area contributed by atoms with Crippen molar-refractivity contribution in [1.82, 2.24) is 19.9 Å². The van der Waals surface area contributed by atoms with Crippen LogP contribution < -0.4 is 0 Å². The minimum absolute atomic E-state index is 0.174. The number of hydrogen-bond acceptors (Lipinski definition) is 5. The highest BCUT2D eigenvalue weighted by atomic mass is 32.2. The molecule has 0 aliphatic rings. The molecule has 3 aromatic carbocycles. The van der Waals surface area contributed by atoms with Crippen LogP contribution in [0.3, 0.4) is 0 Å². The molecule has 0 bridgehead atoms. The van der Waals surface area contributed by atoms with Crippen molar-refractivity contribution in [3.8, 4) is 11.4 Å². The molecular formula is C22H22N4OS. The highest BCUT2D eigenvalue weighted by Crippen LogP contribution is 2.30. The van der Waals surface area contributed by atoms with E-state index in [0.717, 1.165) is 34.5 Å². The SMILES string of the molecule is CN(C)CCc1ccc(O)c(-n2nc3ccc(Sc4ccccc4)cc3n2)c1. The third kappa shape index (κ3) is 4.18. The van der Waals surface area contributed by atoms with Crippen molar-refractivity contribution < 1.29 is 5.11 Å². The average molecular weight is 391 g/mol. The summed E-state index contributed by atoms with van der Waals surface area (Å²) in [5.41, 5.74) is 3.35. The van der Waals surface area contributed by atoms with Crippen LogP contribution >= 0.6 is 11.8 Å². The molecule has 142 valence electrons. The molecule has 0 unspecified atom stereocenters. The molecule has 0 radical (unpaired) electrons. The lowest BCUT2D eigenvalue weighted by Crippen LogP contribution is -2.15. The second-order valence-electron chi connectivity index (χ2n) is 6.93. The van der Waals surface area contributed by atoms with Gasteiger partial charge in [-0.15, -0.1) is 15.0 Å². The van der Waals surface area contributed by atoms with Gasteiger partial charge in [-0.2, -0.15) is 0 Å². The predicted molar refractivity (Wildman–Crippen MR) is 113 cm³/mol. The second-order valence-corrected chi connectivity index (χ2v) is 8.08. The van der Waals surface area contributed by atoms with Gasteiger partial charge in [0.1, 0.15) is 22.5 Å². The quantitative estimate of drug-likeness (QED) is 0.529. The van der Waals surface area contributed by atoms with E-state index in [1.54, 1.807) is 17.8 Å². The van der Waals surface area contributed by atoms with Crippen LogP contribution in [-0.4, -0.2) is 45.6 Å². The predicted octanol–water partition coefficient (Wildman–Crippen LogP) is 4.38. The van der Waals surface area contributed by atoms with E-state index in [9.17, 15) is 5.11 Å². The van der Waals surface area contributed by atoms with Crippen molar-refractivity contribution in [1.29, 1.82) is 0 Å². The van der Waals surface area contributed by atoms with Crippen LogP contribution in [0, 0.1) is 0 Å². The van der Waals surface area contributed by atoms with Crippen molar-refractivity contribution in [2.75, 3.05) is 20.6 Å². The van der Waals surface area contributed by atoms with E-state index < -0.39 is 0 Å². The molecule has 6 heteroatoms. The zero-order chi connectivity index (χ0) is 19.5. The number of nitrogens with zero attached hydrogens (tertiary/aromatic N) is 4. The van der Waals surface area contributed by atoms with Gasteiger partial charge in [-0.05, 0) is 68.5 Å². The Hall–Kier alpha value is -2.83. The van der Waals surface area contributed by atoms with Gasteiger partial charge in [0.15, 0.2) is 0 Å². The van der Waals surface area contributed by atoms with Gasteiger partial charge in [0.05, 0.1) is 0 Å². The number of likely N-dealkylation sites (N-methyl/N-ethyl adjacent to an activating group) is 1. The maximum Gasteiger partial charge on any atom is 0.143 e. The fourth-order valence-electron chi connectivity index (χ4n) is 2.93. The lowest BCUT2D eigenvalue weighted by atomic mass is 10.1. The van der Waals surface area contributed by atoms with Gasteiger partial charge >= 0.3 is 0 Å². The number of phenols is 1. The molecule has 1 aromatic heterocycles. The zero-order valence-electron chi connectivity index (χ0n) is 15.9. The van der Waals surface area contributed by atoms with Crippen LogP contribution in [0.2, 0.25) is 0 Å². The van der Waals surface area contributed by atoms with Crippen LogP contribution in [-0.2, 0) is 6.42 Å². The van der Waals surface area contributed by atoms with Gasteiger partial charge in [0.25, 0.3) is 0 Å². The summed E-state index contributed by atoms with van der Waals surface area (Å²) in [7, 11) is 4.10. The van der Waals surface area contributed by atoms with Crippen molar-refractivity contribution in [2.45, 2.75) is 16.2 Å². The topological polar surface area (TPSA) is 54.2 Å². The molecule has 0 amide bonds. The second kappa shape index (κ2) is 8.04. The summed E-state index contributed by atoms with van der Waals surface area (Å²) in [6.45, 7) is 0.943. The molecule has 0 atom stereocenters. The molecule has 0 spiro atoms.